The smallest absolute Gasteiger partial charge is 0.307 e. The summed E-state index contributed by atoms with van der Waals surface area (Å²) in [5.41, 5.74) is 0. The number of hydrogen-bond donors (Lipinski definition) is 1. The topological polar surface area (TPSA) is 71.4 Å². The molecule has 1 saturated carbocycles. The molecule has 66 valence electrons. The van der Waals surface area contributed by atoms with Crippen molar-refractivity contribution < 1.29 is 19.5 Å². The monoisotopic (exact) mass is 170 g/mol. The van der Waals surface area contributed by atoms with Crippen LogP contribution in [0.5, 0.6) is 0 Å². The van der Waals surface area contributed by atoms with E-state index >= 15 is 0 Å². The summed E-state index contributed by atoms with van der Waals surface area (Å²) in [6, 6.07) is 0. The molecule has 1 N–H and O–H groups in total. The highest BCUT2D eigenvalue weighted by Gasteiger charge is 2.40. The highest BCUT2D eigenvalue weighted by molar-refractivity contribution is 5.80. The Morgan fingerprint density at radius 2 is 1.58 bits per heavy atom. The summed E-state index contributed by atoms with van der Waals surface area (Å²) in [6.45, 7) is 0. The first kappa shape index (κ1) is 8.90. The minimum Gasteiger partial charge on any atom is -0.481 e. The second kappa shape index (κ2) is 3.47. The Bertz CT molecular complexity index is 195. The van der Waals surface area contributed by atoms with Crippen molar-refractivity contribution in [2.75, 3.05) is 0 Å². The maximum absolute atomic E-state index is 10.6. The lowest BCUT2D eigenvalue weighted by molar-refractivity contribution is -0.146. The van der Waals surface area contributed by atoms with Crippen LogP contribution in [0.1, 0.15) is 12.8 Å². The molecule has 0 saturated heterocycles. The van der Waals surface area contributed by atoms with Crippen molar-refractivity contribution in [2.45, 2.75) is 12.8 Å². The van der Waals surface area contributed by atoms with Gasteiger partial charge in [0.05, 0.1) is 5.92 Å². The van der Waals surface area contributed by atoms with Crippen molar-refractivity contribution in [2.24, 2.45) is 17.8 Å². The third kappa shape index (κ3) is 1.37. The van der Waals surface area contributed by atoms with Crippen LogP contribution in [0, 0.1) is 17.8 Å². The van der Waals surface area contributed by atoms with Gasteiger partial charge in [0.25, 0.3) is 0 Å². The fourth-order valence-corrected chi connectivity index (χ4v) is 1.73. The number of aldehydes is 2. The molecule has 0 aliphatic heterocycles. The van der Waals surface area contributed by atoms with Crippen molar-refractivity contribution in [3.63, 3.8) is 0 Å². The van der Waals surface area contributed by atoms with Crippen LogP contribution in [0.2, 0.25) is 0 Å². The lowest BCUT2D eigenvalue weighted by Crippen LogP contribution is -2.25. The Morgan fingerprint density at radius 3 is 1.83 bits per heavy atom. The van der Waals surface area contributed by atoms with E-state index in [0.29, 0.717) is 25.4 Å². The maximum atomic E-state index is 10.6. The zero-order valence-electron chi connectivity index (χ0n) is 6.47. The molecule has 3 atom stereocenters. The molecular formula is C8H10O4. The average molecular weight is 170 g/mol. The number of hydrogen-bond acceptors (Lipinski definition) is 3. The van der Waals surface area contributed by atoms with E-state index in [4.69, 9.17) is 5.11 Å². The van der Waals surface area contributed by atoms with Gasteiger partial charge < -0.3 is 14.7 Å². The summed E-state index contributed by atoms with van der Waals surface area (Å²) in [5.74, 6) is -2.78. The predicted molar refractivity (Wildman–Crippen MR) is 39.5 cm³/mol. The summed E-state index contributed by atoms with van der Waals surface area (Å²) in [6.07, 6.45) is 2.32. The molecule has 0 aromatic heterocycles. The van der Waals surface area contributed by atoms with Crippen molar-refractivity contribution in [3.8, 4) is 0 Å². The minimum absolute atomic E-state index is 0.474. The summed E-state index contributed by atoms with van der Waals surface area (Å²) >= 11 is 0. The van der Waals surface area contributed by atoms with E-state index < -0.39 is 23.7 Å². The largest absolute Gasteiger partial charge is 0.481 e. The van der Waals surface area contributed by atoms with Gasteiger partial charge in [0.15, 0.2) is 0 Å². The van der Waals surface area contributed by atoms with Gasteiger partial charge in [-0.25, -0.2) is 0 Å². The maximum Gasteiger partial charge on any atom is 0.307 e. The number of carboxylic acids is 1. The first-order chi connectivity index (χ1) is 5.70. The van der Waals surface area contributed by atoms with E-state index in [1.807, 2.05) is 0 Å². The van der Waals surface area contributed by atoms with E-state index in [-0.39, 0.29) is 0 Å². The number of carboxylic acid groups (broad SMARTS) is 1. The van der Waals surface area contributed by atoms with Gasteiger partial charge in [0, 0.05) is 11.8 Å². The van der Waals surface area contributed by atoms with Crippen LogP contribution in [0.25, 0.3) is 0 Å². The number of carbonyl (C=O) groups excluding carboxylic acids is 2. The van der Waals surface area contributed by atoms with Gasteiger partial charge in [-0.1, -0.05) is 0 Å². The first-order valence-electron chi connectivity index (χ1n) is 3.84. The normalized spacial score (nSPS) is 34.5. The molecule has 4 nitrogen and oxygen atoms in total. The van der Waals surface area contributed by atoms with Gasteiger partial charge in [0.2, 0.25) is 0 Å². The van der Waals surface area contributed by atoms with Crippen molar-refractivity contribution in [1.29, 1.82) is 0 Å². The van der Waals surface area contributed by atoms with E-state index in [1.54, 1.807) is 0 Å². The fourth-order valence-electron chi connectivity index (χ4n) is 1.73. The van der Waals surface area contributed by atoms with Gasteiger partial charge in [-0.15, -0.1) is 0 Å². The van der Waals surface area contributed by atoms with Crippen LogP contribution in [0.3, 0.4) is 0 Å². The molecule has 0 amide bonds. The predicted octanol–water partition coefficient (Wildman–Crippen LogP) is 0.111. The summed E-state index contributed by atoms with van der Waals surface area (Å²) < 4.78 is 0. The van der Waals surface area contributed by atoms with Crippen LogP contribution in [-0.4, -0.2) is 23.6 Å². The van der Waals surface area contributed by atoms with E-state index in [1.165, 1.54) is 0 Å². The molecule has 0 aromatic carbocycles. The van der Waals surface area contributed by atoms with E-state index in [2.05, 4.69) is 0 Å². The Morgan fingerprint density at radius 1 is 1.17 bits per heavy atom. The van der Waals surface area contributed by atoms with Gasteiger partial charge in [-0.05, 0) is 12.8 Å². The second-order valence-electron chi connectivity index (χ2n) is 3.04. The zero-order valence-corrected chi connectivity index (χ0v) is 6.47. The third-order valence-electron chi connectivity index (χ3n) is 2.39. The fraction of sp³-hybridized carbons (Fsp3) is 0.625. The van der Waals surface area contributed by atoms with E-state index in [0.717, 1.165) is 0 Å². The van der Waals surface area contributed by atoms with Gasteiger partial charge in [-0.2, -0.15) is 0 Å². The Balaban J connectivity index is 2.78. The quantitative estimate of drug-likeness (QED) is 0.610. The second-order valence-corrected chi connectivity index (χ2v) is 3.04. The molecule has 0 spiro atoms. The molecule has 1 aliphatic rings. The summed E-state index contributed by atoms with van der Waals surface area (Å²) in [5, 5.41) is 8.70. The van der Waals surface area contributed by atoms with E-state index in [9.17, 15) is 14.4 Å². The van der Waals surface area contributed by atoms with Crippen LogP contribution in [0.4, 0.5) is 0 Å². The highest BCUT2D eigenvalue weighted by Crippen LogP contribution is 2.34. The molecule has 1 aliphatic carbocycles. The molecule has 1 unspecified atom stereocenters. The molecule has 4 heteroatoms. The van der Waals surface area contributed by atoms with Gasteiger partial charge in [-0.3, -0.25) is 4.79 Å². The highest BCUT2D eigenvalue weighted by atomic mass is 16.4. The third-order valence-corrected chi connectivity index (χ3v) is 2.39. The first-order valence-corrected chi connectivity index (χ1v) is 3.84. The molecule has 0 heterocycles. The Labute approximate surface area is 69.6 Å². The van der Waals surface area contributed by atoms with Crippen molar-refractivity contribution >= 4 is 18.5 Å². The average Bonchev–Trinajstić information content (AvgIpc) is 2.46. The van der Waals surface area contributed by atoms with Gasteiger partial charge in [0.1, 0.15) is 12.6 Å². The molecule has 1 fully saturated rings. The summed E-state index contributed by atoms with van der Waals surface area (Å²) in [7, 11) is 0. The molecule has 12 heavy (non-hydrogen) atoms. The zero-order chi connectivity index (χ0) is 9.14. The Kier molecular flexibility index (Phi) is 2.58. The SMILES string of the molecule is O=CC1CC[C@H](C=O)[C@H]1C(=O)O. The standard InChI is InChI=1S/C8H10O4/c9-3-5-1-2-6(4-10)7(5)8(11)12/h3-7H,1-2H2,(H,11,12)/t5-,6?,7-/m1/s1. The van der Waals surface area contributed by atoms with Crippen LogP contribution < -0.4 is 0 Å². The van der Waals surface area contributed by atoms with Gasteiger partial charge >= 0.3 is 5.97 Å². The van der Waals surface area contributed by atoms with Crippen molar-refractivity contribution in [1.82, 2.24) is 0 Å². The molecule has 0 bridgehead atoms. The number of rotatable bonds is 3. The molecule has 1 rings (SSSR count). The molecule has 0 radical (unpaired) electrons. The lowest BCUT2D eigenvalue weighted by Gasteiger charge is -2.11. The summed E-state index contributed by atoms with van der Waals surface area (Å²) in [4.78, 5) is 31.4. The molecule has 0 aromatic rings. The molecular weight excluding hydrogens is 160 g/mol. The van der Waals surface area contributed by atoms with Crippen LogP contribution >= 0.6 is 0 Å². The van der Waals surface area contributed by atoms with Crippen LogP contribution in [0.15, 0.2) is 0 Å². The lowest BCUT2D eigenvalue weighted by atomic mass is 9.91. The minimum atomic E-state index is -1.04. The Hall–Kier alpha value is -1.19. The number of carbonyl (C=O) groups is 3. The van der Waals surface area contributed by atoms with Crippen LogP contribution in [-0.2, 0) is 14.4 Å². The number of aliphatic carboxylic acids is 1. The van der Waals surface area contributed by atoms with Crippen molar-refractivity contribution in [3.05, 3.63) is 0 Å².